The molecule has 100 valence electrons. The van der Waals surface area contributed by atoms with E-state index < -0.39 is 0 Å². The van der Waals surface area contributed by atoms with E-state index in [0.29, 0.717) is 0 Å². The Morgan fingerprint density at radius 2 is 1.82 bits per heavy atom. The topological polar surface area (TPSA) is 29.5 Å². The van der Waals surface area contributed by atoms with E-state index in [2.05, 4.69) is 6.92 Å². The second kappa shape index (κ2) is 5.38. The van der Waals surface area contributed by atoms with E-state index in [1.807, 2.05) is 32.6 Å². The lowest BCUT2D eigenvalue weighted by Gasteiger charge is -2.41. The van der Waals surface area contributed by atoms with Gasteiger partial charge in [0, 0.05) is 25.1 Å². The van der Waals surface area contributed by atoms with Gasteiger partial charge in [0.2, 0.25) is 5.91 Å². The number of carbonyl (C=O) groups is 1. The highest BCUT2D eigenvalue weighted by atomic mass is 16.5. The Labute approximate surface area is 106 Å². The minimum atomic E-state index is -0.256. The summed E-state index contributed by atoms with van der Waals surface area (Å²) in [5.41, 5.74) is -0.00165. The van der Waals surface area contributed by atoms with Gasteiger partial charge in [-0.15, -0.1) is 0 Å². The van der Waals surface area contributed by atoms with Crippen molar-refractivity contribution in [2.45, 2.75) is 47.5 Å². The summed E-state index contributed by atoms with van der Waals surface area (Å²) in [6.45, 7) is 13.6. The molecule has 0 aromatic rings. The predicted octanol–water partition coefficient (Wildman–Crippen LogP) is 2.70. The minimum Gasteiger partial charge on any atom is -0.381 e. The Hall–Kier alpha value is -0.570. The molecule has 0 aromatic carbocycles. The third-order valence-corrected chi connectivity index (χ3v) is 3.55. The zero-order chi connectivity index (χ0) is 13.1. The number of rotatable bonds is 3. The van der Waals surface area contributed by atoms with Crippen molar-refractivity contribution in [2.75, 3.05) is 26.3 Å². The van der Waals surface area contributed by atoms with Gasteiger partial charge in [-0.2, -0.15) is 0 Å². The van der Waals surface area contributed by atoms with Crippen LogP contribution in [0.2, 0.25) is 0 Å². The summed E-state index contributed by atoms with van der Waals surface area (Å²) in [4.78, 5) is 14.1. The van der Waals surface area contributed by atoms with Crippen LogP contribution in [0.3, 0.4) is 0 Å². The molecular weight excluding hydrogens is 214 g/mol. The fourth-order valence-corrected chi connectivity index (χ4v) is 2.22. The number of hydrogen-bond acceptors (Lipinski definition) is 2. The fourth-order valence-electron chi connectivity index (χ4n) is 2.22. The van der Waals surface area contributed by atoms with Crippen molar-refractivity contribution in [3.8, 4) is 0 Å². The summed E-state index contributed by atoms with van der Waals surface area (Å²) in [6.07, 6.45) is 2.10. The number of carbonyl (C=O) groups excluding carboxylic acids is 1. The highest BCUT2D eigenvalue weighted by Crippen LogP contribution is 2.32. The van der Waals surface area contributed by atoms with Crippen LogP contribution in [0.5, 0.6) is 0 Å². The molecule has 0 N–H and O–H groups in total. The number of amides is 1. The van der Waals surface area contributed by atoms with E-state index >= 15 is 0 Å². The summed E-state index contributed by atoms with van der Waals surface area (Å²) in [7, 11) is 0. The summed E-state index contributed by atoms with van der Waals surface area (Å²) >= 11 is 0. The molecule has 1 fully saturated rings. The van der Waals surface area contributed by atoms with Gasteiger partial charge in [0.05, 0.1) is 6.61 Å². The normalized spacial score (nSPS) is 20.4. The van der Waals surface area contributed by atoms with Crippen molar-refractivity contribution in [2.24, 2.45) is 10.8 Å². The van der Waals surface area contributed by atoms with Crippen molar-refractivity contribution in [1.29, 1.82) is 0 Å². The molecule has 1 saturated heterocycles. The Morgan fingerprint density at radius 1 is 1.29 bits per heavy atom. The van der Waals surface area contributed by atoms with Gasteiger partial charge in [-0.05, 0) is 25.2 Å². The maximum absolute atomic E-state index is 12.1. The third kappa shape index (κ3) is 3.98. The molecule has 1 aliphatic rings. The lowest BCUT2D eigenvalue weighted by Crippen LogP contribution is -2.47. The zero-order valence-corrected chi connectivity index (χ0v) is 12.0. The molecule has 1 amide bonds. The van der Waals surface area contributed by atoms with Gasteiger partial charge in [0.15, 0.2) is 0 Å². The molecule has 0 aromatic heterocycles. The van der Waals surface area contributed by atoms with Gasteiger partial charge in [-0.1, -0.05) is 27.7 Å². The largest absolute Gasteiger partial charge is 0.381 e. The van der Waals surface area contributed by atoms with Crippen LogP contribution in [0.15, 0.2) is 0 Å². The Balaban J connectivity index is 2.48. The first-order valence-corrected chi connectivity index (χ1v) is 6.66. The number of likely N-dealkylation sites (tertiary alicyclic amines) is 1. The van der Waals surface area contributed by atoms with Crippen LogP contribution in [-0.2, 0) is 9.53 Å². The number of ether oxygens (including phenoxy) is 1. The second-order valence-corrected chi connectivity index (χ2v) is 6.49. The Bertz CT molecular complexity index is 260. The molecule has 3 heteroatoms. The molecule has 0 atom stereocenters. The first-order valence-electron chi connectivity index (χ1n) is 6.66. The monoisotopic (exact) mass is 241 g/mol. The standard InChI is InChI=1S/C14H27NO2/c1-6-17-11-14(5)7-9-15(10-8-14)12(16)13(2,3)4/h6-11H2,1-5H3. The molecule has 0 bridgehead atoms. The van der Waals surface area contributed by atoms with Crippen molar-refractivity contribution in [3.05, 3.63) is 0 Å². The molecule has 0 aliphatic carbocycles. The third-order valence-electron chi connectivity index (χ3n) is 3.55. The number of nitrogens with zero attached hydrogens (tertiary/aromatic N) is 1. The Morgan fingerprint density at radius 3 is 2.24 bits per heavy atom. The van der Waals surface area contributed by atoms with E-state index in [1.165, 1.54) is 0 Å². The van der Waals surface area contributed by atoms with Gasteiger partial charge in [-0.3, -0.25) is 4.79 Å². The van der Waals surface area contributed by atoms with Crippen LogP contribution in [0.4, 0.5) is 0 Å². The SMILES string of the molecule is CCOCC1(C)CCN(C(=O)C(C)(C)C)CC1. The molecule has 17 heavy (non-hydrogen) atoms. The van der Waals surface area contributed by atoms with E-state index in [0.717, 1.165) is 39.1 Å². The molecule has 0 unspecified atom stereocenters. The highest BCUT2D eigenvalue weighted by molar-refractivity contribution is 5.81. The van der Waals surface area contributed by atoms with Crippen molar-refractivity contribution < 1.29 is 9.53 Å². The van der Waals surface area contributed by atoms with Crippen LogP contribution < -0.4 is 0 Å². The maximum Gasteiger partial charge on any atom is 0.227 e. The molecular formula is C14H27NO2. The quantitative estimate of drug-likeness (QED) is 0.760. The first kappa shape index (κ1) is 14.5. The molecule has 1 aliphatic heterocycles. The number of hydrogen-bond donors (Lipinski definition) is 0. The van der Waals surface area contributed by atoms with Crippen molar-refractivity contribution in [3.63, 3.8) is 0 Å². The Kier molecular flexibility index (Phi) is 4.59. The van der Waals surface area contributed by atoms with E-state index in [1.54, 1.807) is 0 Å². The van der Waals surface area contributed by atoms with Gasteiger partial charge < -0.3 is 9.64 Å². The lowest BCUT2D eigenvalue weighted by atomic mass is 9.80. The summed E-state index contributed by atoms with van der Waals surface area (Å²) in [6, 6.07) is 0. The first-order chi connectivity index (χ1) is 7.78. The second-order valence-electron chi connectivity index (χ2n) is 6.49. The van der Waals surface area contributed by atoms with Gasteiger partial charge in [0.1, 0.15) is 0 Å². The maximum atomic E-state index is 12.1. The summed E-state index contributed by atoms with van der Waals surface area (Å²) < 4.78 is 5.54. The lowest BCUT2D eigenvalue weighted by molar-refractivity contribution is -0.142. The van der Waals surface area contributed by atoms with Crippen molar-refractivity contribution >= 4 is 5.91 Å². The van der Waals surface area contributed by atoms with Crippen LogP contribution in [0.25, 0.3) is 0 Å². The van der Waals surface area contributed by atoms with Crippen LogP contribution in [-0.4, -0.2) is 37.1 Å². The number of piperidine rings is 1. The zero-order valence-electron chi connectivity index (χ0n) is 12.0. The molecule has 0 saturated carbocycles. The summed E-state index contributed by atoms with van der Waals surface area (Å²) in [5.74, 6) is 0.274. The van der Waals surface area contributed by atoms with E-state index in [-0.39, 0.29) is 16.7 Å². The average Bonchev–Trinajstić information content (AvgIpc) is 2.25. The van der Waals surface area contributed by atoms with E-state index in [9.17, 15) is 4.79 Å². The van der Waals surface area contributed by atoms with E-state index in [4.69, 9.17) is 4.74 Å². The molecule has 1 rings (SSSR count). The average molecular weight is 241 g/mol. The smallest absolute Gasteiger partial charge is 0.227 e. The highest BCUT2D eigenvalue weighted by Gasteiger charge is 2.35. The minimum absolute atomic E-state index is 0.255. The fraction of sp³-hybridized carbons (Fsp3) is 0.929. The summed E-state index contributed by atoms with van der Waals surface area (Å²) in [5, 5.41) is 0. The molecule has 3 nitrogen and oxygen atoms in total. The predicted molar refractivity (Wildman–Crippen MR) is 69.9 cm³/mol. The van der Waals surface area contributed by atoms with Crippen LogP contribution in [0, 0.1) is 10.8 Å². The van der Waals surface area contributed by atoms with Gasteiger partial charge in [-0.25, -0.2) is 0 Å². The van der Waals surface area contributed by atoms with Crippen molar-refractivity contribution in [1.82, 2.24) is 4.90 Å². The molecule has 0 spiro atoms. The van der Waals surface area contributed by atoms with Crippen LogP contribution in [0.1, 0.15) is 47.5 Å². The molecule has 1 heterocycles. The molecule has 0 radical (unpaired) electrons. The van der Waals surface area contributed by atoms with Gasteiger partial charge >= 0.3 is 0 Å². The van der Waals surface area contributed by atoms with Gasteiger partial charge in [0.25, 0.3) is 0 Å². The van der Waals surface area contributed by atoms with Crippen LogP contribution >= 0.6 is 0 Å².